The van der Waals surface area contributed by atoms with Crippen molar-refractivity contribution in [2.45, 2.75) is 19.4 Å². The molecule has 0 aromatic rings. The number of hydrogen-bond acceptors (Lipinski definition) is 2. The molecule has 0 aromatic heterocycles. The molecule has 0 aliphatic heterocycles. The maximum absolute atomic E-state index is 12.1. The minimum atomic E-state index is -4.68. The average molecular weight is 214 g/mol. The molecule has 1 atom stereocenters. The van der Waals surface area contributed by atoms with Gasteiger partial charge < -0.3 is 17.8 Å². The second kappa shape index (κ2) is 5.80. The molecule has 1 unspecified atom stereocenters. The highest BCUT2D eigenvalue weighted by Crippen LogP contribution is 2.14. The van der Waals surface area contributed by atoms with Crippen molar-refractivity contribution in [1.82, 2.24) is 4.90 Å². The zero-order chi connectivity index (χ0) is 10.5. The predicted molar refractivity (Wildman–Crippen MR) is 54.2 cm³/mol. The summed E-state index contributed by atoms with van der Waals surface area (Å²) in [6, 6.07) is 0.0403. The molecule has 0 aliphatic rings. The molecule has 0 fully saturated rings. The van der Waals surface area contributed by atoms with E-state index in [4.69, 9.17) is 0 Å². The van der Waals surface area contributed by atoms with E-state index >= 15 is 0 Å². The molecule has 0 rings (SSSR count). The van der Waals surface area contributed by atoms with Crippen molar-refractivity contribution in [3.63, 3.8) is 0 Å². The summed E-state index contributed by atoms with van der Waals surface area (Å²) in [5, 5.41) is 0. The van der Waals surface area contributed by atoms with E-state index in [0.717, 1.165) is 12.2 Å². The lowest BCUT2D eigenvalue weighted by Gasteiger charge is -2.30. The summed E-state index contributed by atoms with van der Waals surface area (Å²) in [6.07, 6.45) is 1.93. The summed E-state index contributed by atoms with van der Waals surface area (Å²) in [5.41, 5.74) is 0. The third-order valence-corrected chi connectivity index (χ3v) is 2.67. The molecule has 1 nitrogen and oxygen atoms in total. The van der Waals surface area contributed by atoms with Crippen LogP contribution in [0, 0.1) is 0 Å². The Labute approximate surface area is 82.1 Å². The van der Waals surface area contributed by atoms with Crippen molar-refractivity contribution in [3.8, 4) is 0 Å². The van der Waals surface area contributed by atoms with E-state index in [1.54, 1.807) is 18.8 Å². The lowest BCUT2D eigenvalue weighted by Crippen LogP contribution is -2.42. The molecule has 6 heteroatoms. The smallest absolute Gasteiger partial charge is 0.448 e. The van der Waals surface area contributed by atoms with E-state index in [0.29, 0.717) is 0 Å². The quantitative estimate of drug-likeness (QED) is 0.624. The molecule has 13 heavy (non-hydrogen) atoms. The van der Waals surface area contributed by atoms with E-state index in [1.807, 2.05) is 13.2 Å². The first-order chi connectivity index (χ1) is 5.90. The second-order valence-corrected chi connectivity index (χ2v) is 4.08. The van der Waals surface area contributed by atoms with Crippen LogP contribution in [0.5, 0.6) is 0 Å². The highest BCUT2D eigenvalue weighted by Gasteiger charge is 2.27. The molecule has 0 radical (unpaired) electrons. The van der Waals surface area contributed by atoms with Gasteiger partial charge in [0, 0.05) is 11.8 Å². The van der Waals surface area contributed by atoms with Crippen LogP contribution in [0.25, 0.3) is 0 Å². The zero-order valence-corrected chi connectivity index (χ0v) is 9.08. The molecule has 0 bridgehead atoms. The van der Waals surface area contributed by atoms with Crippen molar-refractivity contribution < 1.29 is 12.9 Å². The molecular weight excluding hydrogens is 198 g/mol. The molecule has 0 N–H and O–H groups in total. The van der Waals surface area contributed by atoms with Crippen LogP contribution in [0.15, 0.2) is 0 Å². The Morgan fingerprint density at radius 2 is 1.92 bits per heavy atom. The molecular formula is C7H16BF3NS-. The van der Waals surface area contributed by atoms with Crippen LogP contribution >= 0.6 is 11.8 Å². The van der Waals surface area contributed by atoms with Crippen molar-refractivity contribution in [2.75, 3.05) is 25.5 Å². The largest absolute Gasteiger partial charge is 0.492 e. The van der Waals surface area contributed by atoms with Gasteiger partial charge in [-0.2, -0.15) is 11.8 Å². The van der Waals surface area contributed by atoms with Gasteiger partial charge in [-0.3, -0.25) is 0 Å². The Kier molecular flexibility index (Phi) is 5.88. The molecule has 80 valence electrons. The first-order valence-corrected chi connectivity index (χ1v) is 5.70. The summed E-state index contributed by atoms with van der Waals surface area (Å²) >= 11 is 1.59. The number of rotatable bonds is 6. The summed E-state index contributed by atoms with van der Waals surface area (Å²) in [7, 11) is 1.54. The number of thioether (sulfide) groups is 1. The fraction of sp³-hybridized carbons (Fsp3) is 1.00. The summed E-state index contributed by atoms with van der Waals surface area (Å²) in [5.74, 6) is 0.763. The van der Waals surface area contributed by atoms with Crippen LogP contribution in [-0.4, -0.2) is 43.4 Å². The fourth-order valence-corrected chi connectivity index (χ4v) is 2.10. The first-order valence-electron chi connectivity index (χ1n) is 4.31. The minimum Gasteiger partial charge on any atom is -0.448 e. The molecule has 0 heterocycles. The van der Waals surface area contributed by atoms with Crippen LogP contribution in [0.2, 0.25) is 0 Å². The summed E-state index contributed by atoms with van der Waals surface area (Å²) in [6.45, 7) is -2.76. The Balaban J connectivity index is 3.97. The van der Waals surface area contributed by atoms with E-state index in [1.165, 1.54) is 4.90 Å². The zero-order valence-electron chi connectivity index (χ0n) is 8.27. The van der Waals surface area contributed by atoms with Gasteiger partial charge in [-0.15, -0.1) is 0 Å². The molecule has 0 aromatic carbocycles. The summed E-state index contributed by atoms with van der Waals surface area (Å²) in [4.78, 5) is 1.40. The van der Waals surface area contributed by atoms with Crippen LogP contribution < -0.4 is 0 Å². The second-order valence-electron chi connectivity index (χ2n) is 3.17. The minimum absolute atomic E-state index is 0.0403. The van der Waals surface area contributed by atoms with Crippen LogP contribution in [0.1, 0.15) is 13.3 Å². The number of halogens is 3. The van der Waals surface area contributed by atoms with Gasteiger partial charge in [0.1, 0.15) is 0 Å². The van der Waals surface area contributed by atoms with Gasteiger partial charge >= 0.3 is 6.98 Å². The van der Waals surface area contributed by atoms with E-state index in [9.17, 15) is 12.9 Å². The van der Waals surface area contributed by atoms with E-state index in [2.05, 4.69) is 0 Å². The summed E-state index contributed by atoms with van der Waals surface area (Å²) < 4.78 is 36.2. The lowest BCUT2D eigenvalue weighted by atomic mass is 9.90. The van der Waals surface area contributed by atoms with Gasteiger partial charge in [0.15, 0.2) is 0 Å². The standard InChI is InChI=1S/C7H16BF3NS/c1-4-7(5-13-3)12(2)6-8(9,10)11/h7H,4-6H2,1-3H3/q-1. The van der Waals surface area contributed by atoms with Gasteiger partial charge in [0.2, 0.25) is 0 Å². The van der Waals surface area contributed by atoms with Crippen molar-refractivity contribution in [2.24, 2.45) is 0 Å². The van der Waals surface area contributed by atoms with Gasteiger partial charge in [-0.25, -0.2) is 0 Å². The topological polar surface area (TPSA) is 3.24 Å². The molecule has 0 spiro atoms. The Morgan fingerprint density at radius 3 is 2.23 bits per heavy atom. The molecule has 0 amide bonds. The highest BCUT2D eigenvalue weighted by atomic mass is 32.2. The van der Waals surface area contributed by atoms with E-state index < -0.39 is 13.4 Å². The molecule has 0 saturated carbocycles. The van der Waals surface area contributed by atoms with Crippen LogP contribution in [0.3, 0.4) is 0 Å². The highest BCUT2D eigenvalue weighted by molar-refractivity contribution is 7.98. The lowest BCUT2D eigenvalue weighted by molar-refractivity contribution is 0.262. The van der Waals surface area contributed by atoms with Crippen LogP contribution in [-0.2, 0) is 0 Å². The van der Waals surface area contributed by atoms with Gasteiger partial charge in [0.25, 0.3) is 0 Å². The van der Waals surface area contributed by atoms with Gasteiger partial charge in [-0.1, -0.05) is 6.92 Å². The Morgan fingerprint density at radius 1 is 1.38 bits per heavy atom. The van der Waals surface area contributed by atoms with Crippen molar-refractivity contribution >= 4 is 18.7 Å². The van der Waals surface area contributed by atoms with Gasteiger partial charge in [-0.05, 0) is 26.2 Å². The van der Waals surface area contributed by atoms with Crippen molar-refractivity contribution in [1.29, 1.82) is 0 Å². The first kappa shape index (κ1) is 13.2. The van der Waals surface area contributed by atoms with E-state index in [-0.39, 0.29) is 6.04 Å². The average Bonchev–Trinajstić information content (AvgIpc) is 1.96. The fourth-order valence-electron chi connectivity index (χ4n) is 1.22. The van der Waals surface area contributed by atoms with Gasteiger partial charge in [0.05, 0.1) is 0 Å². The van der Waals surface area contributed by atoms with Crippen LogP contribution in [0.4, 0.5) is 12.9 Å². The third-order valence-electron chi connectivity index (χ3n) is 1.95. The monoisotopic (exact) mass is 214 g/mol. The van der Waals surface area contributed by atoms with Crippen molar-refractivity contribution in [3.05, 3.63) is 0 Å². The molecule has 0 aliphatic carbocycles. The SMILES string of the molecule is CCC(CSC)N(C)C[B-](F)(F)F. The normalized spacial score (nSPS) is 15.0. The Hall–Kier alpha value is 0.165. The molecule has 0 saturated heterocycles. The third kappa shape index (κ3) is 6.26. The maximum Gasteiger partial charge on any atom is 0.492 e. The number of nitrogens with zero attached hydrogens (tertiary/aromatic N) is 1. The number of hydrogen-bond donors (Lipinski definition) is 0. The maximum atomic E-state index is 12.1. The Bertz CT molecular complexity index is 142. The predicted octanol–water partition coefficient (Wildman–Crippen LogP) is 2.45.